The molecule has 0 aliphatic carbocycles. The molecule has 2 saturated heterocycles. The van der Waals surface area contributed by atoms with Crippen molar-refractivity contribution in [3.05, 3.63) is 42.0 Å². The molecular formula is C23H29N3O4S2. The summed E-state index contributed by atoms with van der Waals surface area (Å²) in [5.74, 6) is -0.385. The number of benzene rings is 1. The first-order chi connectivity index (χ1) is 15.3. The summed E-state index contributed by atoms with van der Waals surface area (Å²) >= 11 is 1.18. The molecule has 32 heavy (non-hydrogen) atoms. The number of nitrogens with zero attached hydrogens (tertiary/aromatic N) is 2. The molecule has 172 valence electrons. The van der Waals surface area contributed by atoms with E-state index in [1.165, 1.54) is 16.2 Å². The van der Waals surface area contributed by atoms with E-state index in [0.29, 0.717) is 13.0 Å². The van der Waals surface area contributed by atoms with Gasteiger partial charge in [0.15, 0.2) is 0 Å². The summed E-state index contributed by atoms with van der Waals surface area (Å²) in [4.78, 5) is 29.9. The summed E-state index contributed by atoms with van der Waals surface area (Å²) in [5, 5.41) is 0. The van der Waals surface area contributed by atoms with Crippen molar-refractivity contribution in [3.8, 4) is 10.4 Å². The molecule has 2 aliphatic rings. The second-order valence-corrected chi connectivity index (χ2v) is 11.6. The van der Waals surface area contributed by atoms with Gasteiger partial charge in [0.05, 0.1) is 0 Å². The largest absolute Gasteiger partial charge is 0.341 e. The second-order valence-electron chi connectivity index (χ2n) is 8.54. The maximum atomic E-state index is 12.9. The maximum absolute atomic E-state index is 12.9. The summed E-state index contributed by atoms with van der Waals surface area (Å²) < 4.78 is 28.6. The van der Waals surface area contributed by atoms with E-state index in [2.05, 4.69) is 4.72 Å². The zero-order valence-electron chi connectivity index (χ0n) is 18.4. The van der Waals surface area contributed by atoms with Gasteiger partial charge in [-0.15, -0.1) is 11.3 Å². The third-order valence-electron chi connectivity index (χ3n) is 6.21. The summed E-state index contributed by atoms with van der Waals surface area (Å²) in [7, 11) is -3.84. The molecule has 0 spiro atoms. The van der Waals surface area contributed by atoms with Crippen molar-refractivity contribution < 1.29 is 18.0 Å². The zero-order valence-corrected chi connectivity index (χ0v) is 20.0. The molecule has 3 heterocycles. The van der Waals surface area contributed by atoms with Gasteiger partial charge in [0, 0.05) is 24.5 Å². The Labute approximate surface area is 193 Å². The zero-order chi connectivity index (χ0) is 22.9. The summed E-state index contributed by atoms with van der Waals surface area (Å²) in [6.45, 7) is 5.55. The maximum Gasteiger partial charge on any atom is 0.250 e. The van der Waals surface area contributed by atoms with Gasteiger partial charge in [-0.3, -0.25) is 9.59 Å². The summed E-state index contributed by atoms with van der Waals surface area (Å²) in [6.07, 6.45) is 3.45. The third kappa shape index (κ3) is 4.74. The SMILES string of the molecule is Cc1ccc(-c2ccc(S(=O)(=O)N[C@H]3CCN([C@@H](C)C(=O)N4CCCCC4)C3=O)s2)cc1. The molecule has 7 nitrogen and oxygen atoms in total. The van der Waals surface area contributed by atoms with Crippen LogP contribution < -0.4 is 4.72 Å². The van der Waals surface area contributed by atoms with Crippen molar-refractivity contribution in [1.82, 2.24) is 14.5 Å². The van der Waals surface area contributed by atoms with Crippen LogP contribution in [0.5, 0.6) is 0 Å². The minimum atomic E-state index is -3.84. The van der Waals surface area contributed by atoms with Crippen LogP contribution in [0, 0.1) is 6.92 Å². The van der Waals surface area contributed by atoms with E-state index < -0.39 is 22.1 Å². The number of likely N-dealkylation sites (tertiary alicyclic amines) is 2. The molecule has 1 N–H and O–H groups in total. The Balaban J connectivity index is 1.42. The number of hydrogen-bond donors (Lipinski definition) is 1. The van der Waals surface area contributed by atoms with Gasteiger partial charge in [0.25, 0.3) is 10.0 Å². The van der Waals surface area contributed by atoms with E-state index >= 15 is 0 Å². The van der Waals surface area contributed by atoms with Gasteiger partial charge >= 0.3 is 0 Å². The first kappa shape index (κ1) is 22.9. The van der Waals surface area contributed by atoms with Crippen molar-refractivity contribution in [2.75, 3.05) is 19.6 Å². The number of carbonyl (C=O) groups excluding carboxylic acids is 2. The highest BCUT2D eigenvalue weighted by Gasteiger charge is 2.40. The average molecular weight is 476 g/mol. The van der Waals surface area contributed by atoms with E-state index in [1.54, 1.807) is 19.1 Å². The lowest BCUT2D eigenvalue weighted by atomic mass is 10.1. The minimum Gasteiger partial charge on any atom is -0.341 e. The smallest absolute Gasteiger partial charge is 0.250 e. The number of piperidine rings is 1. The number of hydrogen-bond acceptors (Lipinski definition) is 5. The Morgan fingerprint density at radius 2 is 1.75 bits per heavy atom. The van der Waals surface area contributed by atoms with Crippen LogP contribution in [0.15, 0.2) is 40.6 Å². The fraction of sp³-hybridized carbons (Fsp3) is 0.478. The van der Waals surface area contributed by atoms with Gasteiger partial charge in [-0.05, 0) is 57.2 Å². The highest BCUT2D eigenvalue weighted by Crippen LogP contribution is 2.31. The Morgan fingerprint density at radius 3 is 2.44 bits per heavy atom. The quantitative estimate of drug-likeness (QED) is 0.696. The summed E-state index contributed by atoms with van der Waals surface area (Å²) in [6, 6.07) is 9.83. The van der Waals surface area contributed by atoms with Gasteiger partial charge in [-0.2, -0.15) is 4.72 Å². The van der Waals surface area contributed by atoms with Crippen LogP contribution in [0.2, 0.25) is 0 Å². The molecule has 0 saturated carbocycles. The van der Waals surface area contributed by atoms with Crippen LogP contribution in [0.3, 0.4) is 0 Å². The van der Waals surface area contributed by atoms with E-state index in [-0.39, 0.29) is 16.0 Å². The molecule has 2 atom stereocenters. The van der Waals surface area contributed by atoms with Crippen molar-refractivity contribution in [1.29, 1.82) is 0 Å². The van der Waals surface area contributed by atoms with Gasteiger partial charge in [-0.1, -0.05) is 29.8 Å². The van der Waals surface area contributed by atoms with Crippen LogP contribution in [0.4, 0.5) is 0 Å². The Kier molecular flexibility index (Phi) is 6.69. The van der Waals surface area contributed by atoms with Crippen LogP contribution >= 0.6 is 11.3 Å². The minimum absolute atomic E-state index is 0.0532. The van der Waals surface area contributed by atoms with E-state index in [9.17, 15) is 18.0 Å². The molecule has 0 bridgehead atoms. The molecule has 1 aromatic heterocycles. The Bertz CT molecular complexity index is 1090. The van der Waals surface area contributed by atoms with Crippen LogP contribution in [0.25, 0.3) is 10.4 Å². The van der Waals surface area contributed by atoms with Gasteiger partial charge < -0.3 is 9.80 Å². The van der Waals surface area contributed by atoms with Gasteiger partial charge in [-0.25, -0.2) is 8.42 Å². The van der Waals surface area contributed by atoms with Crippen molar-refractivity contribution in [2.24, 2.45) is 0 Å². The molecule has 9 heteroatoms. The molecular weight excluding hydrogens is 446 g/mol. The van der Waals surface area contributed by atoms with E-state index in [4.69, 9.17) is 0 Å². The van der Waals surface area contributed by atoms with Crippen molar-refractivity contribution >= 4 is 33.2 Å². The predicted octanol–water partition coefficient (Wildman–Crippen LogP) is 3.00. The van der Waals surface area contributed by atoms with Crippen molar-refractivity contribution in [2.45, 2.75) is 55.8 Å². The highest BCUT2D eigenvalue weighted by molar-refractivity contribution is 7.91. The first-order valence-corrected chi connectivity index (χ1v) is 13.3. The Hall–Kier alpha value is -2.23. The molecule has 0 unspecified atom stereocenters. The normalized spacial score (nSPS) is 20.6. The van der Waals surface area contributed by atoms with Crippen LogP contribution in [0.1, 0.15) is 38.2 Å². The third-order valence-corrected chi connectivity index (χ3v) is 9.31. The molecule has 4 rings (SSSR count). The number of rotatable bonds is 6. The topological polar surface area (TPSA) is 86.8 Å². The fourth-order valence-electron chi connectivity index (χ4n) is 4.29. The average Bonchev–Trinajstić information content (AvgIpc) is 3.42. The number of carbonyl (C=O) groups is 2. The Morgan fingerprint density at radius 1 is 1.06 bits per heavy atom. The molecule has 1 aromatic carbocycles. The number of thiophene rings is 1. The predicted molar refractivity (Wildman–Crippen MR) is 125 cm³/mol. The van der Waals surface area contributed by atoms with E-state index in [0.717, 1.165) is 48.4 Å². The van der Waals surface area contributed by atoms with E-state index in [1.807, 2.05) is 36.1 Å². The number of aryl methyl sites for hydroxylation is 1. The van der Waals surface area contributed by atoms with Crippen LogP contribution in [-0.2, 0) is 19.6 Å². The molecule has 0 radical (unpaired) electrons. The second kappa shape index (κ2) is 9.33. The number of amides is 2. The lowest BCUT2D eigenvalue weighted by Crippen LogP contribution is -2.51. The monoisotopic (exact) mass is 475 g/mol. The lowest BCUT2D eigenvalue weighted by Gasteiger charge is -2.32. The molecule has 2 aromatic rings. The van der Waals surface area contributed by atoms with Gasteiger partial charge in [0.2, 0.25) is 11.8 Å². The van der Waals surface area contributed by atoms with Gasteiger partial charge in [0.1, 0.15) is 16.3 Å². The standard InChI is InChI=1S/C23H29N3O4S2/c1-16-6-8-18(9-7-16)20-10-11-21(31-20)32(29,30)24-19-12-15-26(23(19)28)17(2)22(27)25-13-4-3-5-14-25/h6-11,17,19,24H,3-5,12-15H2,1-2H3/t17-,19-/m0/s1. The van der Waals surface area contributed by atoms with Crippen LogP contribution in [-0.4, -0.2) is 61.7 Å². The molecule has 2 aliphatic heterocycles. The number of nitrogens with one attached hydrogen (secondary N) is 1. The number of sulfonamides is 1. The first-order valence-electron chi connectivity index (χ1n) is 11.0. The lowest BCUT2D eigenvalue weighted by molar-refractivity contribution is -0.143. The summed E-state index contributed by atoms with van der Waals surface area (Å²) in [5.41, 5.74) is 2.09. The van der Waals surface area contributed by atoms with Crippen molar-refractivity contribution in [3.63, 3.8) is 0 Å². The highest BCUT2D eigenvalue weighted by atomic mass is 32.2. The molecule has 2 fully saturated rings. The fourth-order valence-corrected chi connectivity index (χ4v) is 6.84. The molecule has 2 amide bonds.